The van der Waals surface area contributed by atoms with E-state index in [-0.39, 0.29) is 5.92 Å². The molecule has 0 saturated carbocycles. The molecule has 1 N–H and O–H groups in total. The van der Waals surface area contributed by atoms with Crippen LogP contribution in [-0.4, -0.2) is 58.7 Å². The highest BCUT2D eigenvalue weighted by atomic mass is 32.2. The standard InChI is InChI=1S/C14H20N4O2S/c19-13(20)11-2-1-5-18(10-11)14-15-4-3-12(16-14)17-6-8-21-9-7-17/h3-4,11H,1-2,5-10H2,(H,19,20). The molecule has 0 radical (unpaired) electrons. The maximum Gasteiger partial charge on any atom is 0.308 e. The maximum atomic E-state index is 11.2. The summed E-state index contributed by atoms with van der Waals surface area (Å²) in [5.41, 5.74) is 0. The number of piperidine rings is 1. The van der Waals surface area contributed by atoms with E-state index in [0.717, 1.165) is 49.8 Å². The third-order valence-electron chi connectivity index (χ3n) is 4.02. The van der Waals surface area contributed by atoms with Crippen molar-refractivity contribution in [1.82, 2.24) is 9.97 Å². The molecular formula is C14H20N4O2S. The highest BCUT2D eigenvalue weighted by Gasteiger charge is 2.27. The Morgan fingerprint density at radius 1 is 1.29 bits per heavy atom. The number of carboxylic acids is 1. The van der Waals surface area contributed by atoms with Crippen LogP contribution in [0, 0.1) is 5.92 Å². The maximum absolute atomic E-state index is 11.2. The Bertz CT molecular complexity index is 508. The zero-order valence-corrected chi connectivity index (χ0v) is 12.8. The van der Waals surface area contributed by atoms with Crippen molar-refractivity contribution in [2.24, 2.45) is 5.92 Å². The van der Waals surface area contributed by atoms with Crippen molar-refractivity contribution in [2.45, 2.75) is 12.8 Å². The van der Waals surface area contributed by atoms with Crippen LogP contribution in [0.15, 0.2) is 12.3 Å². The SMILES string of the molecule is O=C(O)C1CCCN(c2nccc(N3CCSCC3)n2)C1. The summed E-state index contributed by atoms with van der Waals surface area (Å²) in [4.78, 5) is 24.4. The molecular weight excluding hydrogens is 288 g/mol. The van der Waals surface area contributed by atoms with Gasteiger partial charge < -0.3 is 14.9 Å². The number of hydrogen-bond acceptors (Lipinski definition) is 6. The lowest BCUT2D eigenvalue weighted by Gasteiger charge is -2.32. The molecule has 0 spiro atoms. The van der Waals surface area contributed by atoms with Gasteiger partial charge in [-0.05, 0) is 18.9 Å². The lowest BCUT2D eigenvalue weighted by atomic mass is 9.99. The summed E-state index contributed by atoms with van der Waals surface area (Å²) in [5.74, 6) is 2.85. The molecule has 21 heavy (non-hydrogen) atoms. The van der Waals surface area contributed by atoms with Gasteiger partial charge in [-0.25, -0.2) is 4.98 Å². The fourth-order valence-electron chi connectivity index (χ4n) is 2.82. The van der Waals surface area contributed by atoms with Crippen LogP contribution in [0.1, 0.15) is 12.8 Å². The zero-order chi connectivity index (χ0) is 14.7. The molecule has 2 aliphatic heterocycles. The second-order valence-electron chi connectivity index (χ2n) is 5.44. The summed E-state index contributed by atoms with van der Waals surface area (Å²) in [6, 6.07) is 1.94. The Hall–Kier alpha value is -1.50. The summed E-state index contributed by atoms with van der Waals surface area (Å²) in [6.07, 6.45) is 3.41. The topological polar surface area (TPSA) is 69.6 Å². The van der Waals surface area contributed by atoms with Crippen LogP contribution < -0.4 is 9.80 Å². The molecule has 2 aliphatic rings. The third-order valence-corrected chi connectivity index (χ3v) is 4.96. The van der Waals surface area contributed by atoms with E-state index in [1.807, 2.05) is 22.7 Å². The Morgan fingerprint density at radius 2 is 2.10 bits per heavy atom. The first-order valence-corrected chi connectivity index (χ1v) is 8.53. The summed E-state index contributed by atoms with van der Waals surface area (Å²) in [6.45, 7) is 3.37. The van der Waals surface area contributed by atoms with Gasteiger partial charge in [0.2, 0.25) is 5.95 Å². The predicted octanol–water partition coefficient (Wildman–Crippen LogP) is 1.33. The Labute approximate surface area is 128 Å². The van der Waals surface area contributed by atoms with Gasteiger partial charge in [-0.15, -0.1) is 0 Å². The van der Waals surface area contributed by atoms with E-state index in [2.05, 4.69) is 14.9 Å². The van der Waals surface area contributed by atoms with Crippen LogP contribution in [-0.2, 0) is 4.79 Å². The molecule has 0 amide bonds. The fraction of sp³-hybridized carbons (Fsp3) is 0.643. The number of aromatic nitrogens is 2. The average molecular weight is 308 g/mol. The lowest BCUT2D eigenvalue weighted by Crippen LogP contribution is -2.40. The van der Waals surface area contributed by atoms with Gasteiger partial charge in [-0.1, -0.05) is 0 Å². The molecule has 1 aromatic heterocycles. The molecule has 0 aromatic carbocycles. The number of anilines is 2. The molecule has 1 aromatic rings. The summed E-state index contributed by atoms with van der Waals surface area (Å²) in [7, 11) is 0. The first-order valence-electron chi connectivity index (χ1n) is 7.37. The molecule has 114 valence electrons. The summed E-state index contributed by atoms with van der Waals surface area (Å²) >= 11 is 1.97. The number of hydrogen-bond donors (Lipinski definition) is 1. The van der Waals surface area contributed by atoms with Crippen LogP contribution in [0.3, 0.4) is 0 Å². The molecule has 3 rings (SSSR count). The van der Waals surface area contributed by atoms with E-state index >= 15 is 0 Å². The molecule has 2 saturated heterocycles. The van der Waals surface area contributed by atoms with Crippen LogP contribution in [0.25, 0.3) is 0 Å². The Balaban J connectivity index is 1.74. The lowest BCUT2D eigenvalue weighted by molar-refractivity contribution is -0.141. The van der Waals surface area contributed by atoms with E-state index in [9.17, 15) is 9.90 Å². The number of carbonyl (C=O) groups is 1. The second kappa shape index (κ2) is 6.51. The van der Waals surface area contributed by atoms with E-state index in [0.29, 0.717) is 12.5 Å². The van der Waals surface area contributed by atoms with Crippen molar-refractivity contribution in [2.75, 3.05) is 47.5 Å². The van der Waals surface area contributed by atoms with Crippen LogP contribution in [0.2, 0.25) is 0 Å². The Morgan fingerprint density at radius 3 is 2.86 bits per heavy atom. The molecule has 6 nitrogen and oxygen atoms in total. The first kappa shape index (κ1) is 14.4. The number of carboxylic acid groups (broad SMARTS) is 1. The number of rotatable bonds is 3. The minimum atomic E-state index is -0.719. The normalized spacial score (nSPS) is 23.1. The van der Waals surface area contributed by atoms with Gasteiger partial charge in [-0.3, -0.25) is 4.79 Å². The average Bonchev–Trinajstić information content (AvgIpc) is 2.56. The minimum Gasteiger partial charge on any atom is -0.481 e. The molecule has 7 heteroatoms. The van der Waals surface area contributed by atoms with E-state index in [4.69, 9.17) is 0 Å². The monoisotopic (exact) mass is 308 g/mol. The van der Waals surface area contributed by atoms with Gasteiger partial charge in [-0.2, -0.15) is 16.7 Å². The van der Waals surface area contributed by atoms with Gasteiger partial charge in [0.15, 0.2) is 0 Å². The van der Waals surface area contributed by atoms with Crippen molar-refractivity contribution in [3.63, 3.8) is 0 Å². The second-order valence-corrected chi connectivity index (χ2v) is 6.66. The highest BCUT2D eigenvalue weighted by Crippen LogP contribution is 2.23. The number of nitrogens with zero attached hydrogens (tertiary/aromatic N) is 4. The summed E-state index contributed by atoms with van der Waals surface area (Å²) < 4.78 is 0. The molecule has 0 bridgehead atoms. The molecule has 1 atom stereocenters. The zero-order valence-electron chi connectivity index (χ0n) is 11.9. The van der Waals surface area contributed by atoms with Gasteiger partial charge in [0.1, 0.15) is 5.82 Å². The first-order chi connectivity index (χ1) is 10.2. The number of thioether (sulfide) groups is 1. The van der Waals surface area contributed by atoms with E-state index < -0.39 is 5.97 Å². The predicted molar refractivity (Wildman–Crippen MR) is 84.1 cm³/mol. The van der Waals surface area contributed by atoms with Gasteiger partial charge in [0.05, 0.1) is 5.92 Å². The van der Waals surface area contributed by atoms with Crippen LogP contribution >= 0.6 is 11.8 Å². The minimum absolute atomic E-state index is 0.308. The van der Waals surface area contributed by atoms with Gasteiger partial charge >= 0.3 is 5.97 Å². The molecule has 3 heterocycles. The van der Waals surface area contributed by atoms with Gasteiger partial charge in [0.25, 0.3) is 0 Å². The van der Waals surface area contributed by atoms with Crippen molar-refractivity contribution in [1.29, 1.82) is 0 Å². The number of aliphatic carboxylic acids is 1. The summed E-state index contributed by atoms with van der Waals surface area (Å²) in [5, 5.41) is 9.18. The smallest absolute Gasteiger partial charge is 0.308 e. The Kier molecular flexibility index (Phi) is 4.48. The van der Waals surface area contributed by atoms with Crippen molar-refractivity contribution in [3.05, 3.63) is 12.3 Å². The van der Waals surface area contributed by atoms with Crippen LogP contribution in [0.4, 0.5) is 11.8 Å². The third kappa shape index (κ3) is 3.40. The highest BCUT2D eigenvalue weighted by molar-refractivity contribution is 7.99. The van der Waals surface area contributed by atoms with E-state index in [1.54, 1.807) is 6.20 Å². The van der Waals surface area contributed by atoms with E-state index in [1.165, 1.54) is 0 Å². The quantitative estimate of drug-likeness (QED) is 0.903. The molecule has 0 aliphatic carbocycles. The largest absolute Gasteiger partial charge is 0.481 e. The van der Waals surface area contributed by atoms with Gasteiger partial charge in [0, 0.05) is 43.9 Å². The fourth-order valence-corrected chi connectivity index (χ4v) is 3.72. The molecule has 1 unspecified atom stereocenters. The van der Waals surface area contributed by atoms with Crippen molar-refractivity contribution in [3.8, 4) is 0 Å². The van der Waals surface area contributed by atoms with Crippen molar-refractivity contribution >= 4 is 29.5 Å². The van der Waals surface area contributed by atoms with Crippen molar-refractivity contribution < 1.29 is 9.90 Å². The molecule has 2 fully saturated rings. The van der Waals surface area contributed by atoms with Crippen LogP contribution in [0.5, 0.6) is 0 Å².